The summed E-state index contributed by atoms with van der Waals surface area (Å²) in [6.45, 7) is 3.94. The van der Waals surface area contributed by atoms with Gasteiger partial charge in [0.05, 0.1) is 5.39 Å². The highest BCUT2D eigenvalue weighted by molar-refractivity contribution is 5.83. The Bertz CT molecular complexity index is 613. The van der Waals surface area contributed by atoms with Gasteiger partial charge in [-0.1, -0.05) is 13.8 Å². The van der Waals surface area contributed by atoms with Crippen LogP contribution < -0.4 is 5.43 Å². The molecule has 2 N–H and O–H groups in total. The zero-order valence-corrected chi connectivity index (χ0v) is 9.73. The SMILES string of the molecule is CCC(C)c1cc(=O)c2cc(O)cc(O)c2o1. The molecular weight excluding hydrogens is 220 g/mol. The Kier molecular flexibility index (Phi) is 2.79. The summed E-state index contributed by atoms with van der Waals surface area (Å²) in [5, 5.41) is 19.2. The van der Waals surface area contributed by atoms with E-state index in [1.165, 1.54) is 12.1 Å². The maximum atomic E-state index is 11.8. The molecule has 4 nitrogen and oxygen atoms in total. The second-order valence-corrected chi connectivity index (χ2v) is 4.16. The van der Waals surface area contributed by atoms with Gasteiger partial charge in [-0.25, -0.2) is 0 Å². The molecule has 0 saturated heterocycles. The Morgan fingerprint density at radius 1 is 1.29 bits per heavy atom. The van der Waals surface area contributed by atoms with E-state index in [4.69, 9.17) is 4.42 Å². The molecule has 1 atom stereocenters. The Morgan fingerprint density at radius 2 is 2.00 bits per heavy atom. The lowest BCUT2D eigenvalue weighted by Crippen LogP contribution is -2.04. The minimum Gasteiger partial charge on any atom is -0.508 e. The Labute approximate surface area is 98.1 Å². The normalized spacial score (nSPS) is 12.8. The smallest absolute Gasteiger partial charge is 0.193 e. The van der Waals surface area contributed by atoms with Crippen LogP contribution in [0.2, 0.25) is 0 Å². The maximum absolute atomic E-state index is 11.8. The number of phenols is 2. The van der Waals surface area contributed by atoms with E-state index in [0.717, 1.165) is 12.5 Å². The van der Waals surface area contributed by atoms with E-state index in [-0.39, 0.29) is 33.8 Å². The summed E-state index contributed by atoms with van der Waals surface area (Å²) in [7, 11) is 0. The van der Waals surface area contributed by atoms with Gasteiger partial charge in [0.2, 0.25) is 0 Å². The zero-order valence-electron chi connectivity index (χ0n) is 9.73. The number of rotatable bonds is 2. The zero-order chi connectivity index (χ0) is 12.6. The molecule has 2 rings (SSSR count). The molecule has 0 aliphatic rings. The van der Waals surface area contributed by atoms with Crippen molar-refractivity contribution in [3.8, 4) is 11.5 Å². The molecule has 0 radical (unpaired) electrons. The molecule has 1 aromatic carbocycles. The van der Waals surface area contributed by atoms with E-state index in [1.54, 1.807) is 0 Å². The lowest BCUT2D eigenvalue weighted by molar-refractivity contribution is 0.431. The van der Waals surface area contributed by atoms with Crippen molar-refractivity contribution < 1.29 is 14.6 Å². The van der Waals surface area contributed by atoms with Crippen LogP contribution in [-0.2, 0) is 0 Å². The first kappa shape index (κ1) is 11.5. The van der Waals surface area contributed by atoms with Gasteiger partial charge in [-0.2, -0.15) is 0 Å². The molecule has 1 unspecified atom stereocenters. The fourth-order valence-corrected chi connectivity index (χ4v) is 1.69. The summed E-state index contributed by atoms with van der Waals surface area (Å²) in [5.74, 6) is 0.284. The van der Waals surface area contributed by atoms with E-state index >= 15 is 0 Å². The van der Waals surface area contributed by atoms with Crippen molar-refractivity contribution in [1.29, 1.82) is 0 Å². The highest BCUT2D eigenvalue weighted by atomic mass is 16.4. The molecule has 0 bridgehead atoms. The second kappa shape index (κ2) is 4.13. The first-order valence-corrected chi connectivity index (χ1v) is 5.52. The third-order valence-electron chi connectivity index (χ3n) is 2.91. The monoisotopic (exact) mass is 234 g/mol. The highest BCUT2D eigenvalue weighted by Gasteiger charge is 2.13. The van der Waals surface area contributed by atoms with Gasteiger partial charge in [-0.15, -0.1) is 0 Å². The number of hydrogen-bond acceptors (Lipinski definition) is 4. The molecule has 0 amide bonds. The summed E-state index contributed by atoms with van der Waals surface area (Å²) < 4.78 is 5.52. The molecule has 0 aliphatic heterocycles. The first-order chi connectivity index (χ1) is 8.02. The van der Waals surface area contributed by atoms with Crippen LogP contribution in [0.15, 0.2) is 27.4 Å². The molecule has 1 heterocycles. The van der Waals surface area contributed by atoms with Crippen molar-refractivity contribution in [3.63, 3.8) is 0 Å². The summed E-state index contributed by atoms with van der Waals surface area (Å²) in [6.07, 6.45) is 0.841. The first-order valence-electron chi connectivity index (χ1n) is 5.52. The van der Waals surface area contributed by atoms with Crippen molar-refractivity contribution in [3.05, 3.63) is 34.2 Å². The number of benzene rings is 1. The van der Waals surface area contributed by atoms with E-state index in [2.05, 4.69) is 0 Å². The third kappa shape index (κ3) is 1.98. The van der Waals surface area contributed by atoms with Crippen molar-refractivity contribution in [2.75, 3.05) is 0 Å². The van der Waals surface area contributed by atoms with Crippen molar-refractivity contribution in [1.82, 2.24) is 0 Å². The average Bonchev–Trinajstić information content (AvgIpc) is 2.29. The number of hydrogen-bond donors (Lipinski definition) is 2. The molecule has 0 aliphatic carbocycles. The molecular formula is C13H14O4. The average molecular weight is 234 g/mol. The van der Waals surface area contributed by atoms with Gasteiger partial charge in [0.25, 0.3) is 0 Å². The lowest BCUT2D eigenvalue weighted by Gasteiger charge is -2.09. The molecule has 4 heteroatoms. The van der Waals surface area contributed by atoms with Gasteiger partial charge in [-0.05, 0) is 12.5 Å². The van der Waals surface area contributed by atoms with Crippen molar-refractivity contribution >= 4 is 11.0 Å². The summed E-state index contributed by atoms with van der Waals surface area (Å²) >= 11 is 0. The van der Waals surface area contributed by atoms with E-state index in [9.17, 15) is 15.0 Å². The van der Waals surface area contributed by atoms with Gasteiger partial charge in [0.1, 0.15) is 11.5 Å². The Hall–Kier alpha value is -1.97. The summed E-state index contributed by atoms with van der Waals surface area (Å²) in [4.78, 5) is 11.8. The van der Waals surface area contributed by atoms with Crippen LogP contribution in [0.4, 0.5) is 0 Å². The molecule has 0 fully saturated rings. The lowest BCUT2D eigenvalue weighted by atomic mass is 10.0. The van der Waals surface area contributed by atoms with Crippen LogP contribution in [0, 0.1) is 0 Å². The predicted octanol–water partition coefficient (Wildman–Crippen LogP) is 2.72. The summed E-state index contributed by atoms with van der Waals surface area (Å²) in [5.41, 5.74) is -0.127. The Balaban J connectivity index is 2.78. The third-order valence-corrected chi connectivity index (χ3v) is 2.91. The summed E-state index contributed by atoms with van der Waals surface area (Å²) in [6, 6.07) is 3.86. The number of fused-ring (bicyclic) bond motifs is 1. The van der Waals surface area contributed by atoms with E-state index < -0.39 is 0 Å². The minimum absolute atomic E-state index is 0.111. The molecule has 2 aromatic rings. The molecule has 17 heavy (non-hydrogen) atoms. The number of phenolic OH excluding ortho intramolecular Hbond substituents is 2. The van der Waals surface area contributed by atoms with E-state index in [0.29, 0.717) is 5.76 Å². The van der Waals surface area contributed by atoms with Gasteiger partial charge < -0.3 is 14.6 Å². The van der Waals surface area contributed by atoms with Gasteiger partial charge in [0.15, 0.2) is 16.8 Å². The highest BCUT2D eigenvalue weighted by Crippen LogP contribution is 2.30. The minimum atomic E-state index is -0.257. The molecule has 90 valence electrons. The molecule has 0 spiro atoms. The van der Waals surface area contributed by atoms with Gasteiger partial charge >= 0.3 is 0 Å². The largest absolute Gasteiger partial charge is 0.508 e. The predicted molar refractivity (Wildman–Crippen MR) is 64.5 cm³/mol. The maximum Gasteiger partial charge on any atom is 0.193 e. The fourth-order valence-electron chi connectivity index (χ4n) is 1.69. The van der Waals surface area contributed by atoms with Gasteiger partial charge in [-0.3, -0.25) is 4.79 Å². The topological polar surface area (TPSA) is 70.7 Å². The van der Waals surface area contributed by atoms with Crippen LogP contribution in [0.1, 0.15) is 31.9 Å². The standard InChI is InChI=1S/C13H14O4/c1-3-7(2)12-6-10(15)9-4-8(14)5-11(16)13(9)17-12/h4-7,14,16H,3H2,1-2H3. The van der Waals surface area contributed by atoms with Crippen molar-refractivity contribution in [2.24, 2.45) is 0 Å². The van der Waals surface area contributed by atoms with Crippen LogP contribution in [0.5, 0.6) is 11.5 Å². The Morgan fingerprint density at radius 3 is 2.65 bits per heavy atom. The van der Waals surface area contributed by atoms with Gasteiger partial charge in [0, 0.05) is 18.1 Å². The fraction of sp³-hybridized carbons (Fsp3) is 0.308. The quantitative estimate of drug-likeness (QED) is 0.838. The number of aromatic hydroxyl groups is 2. The van der Waals surface area contributed by atoms with Crippen LogP contribution >= 0.6 is 0 Å². The van der Waals surface area contributed by atoms with Crippen LogP contribution in [0.25, 0.3) is 11.0 Å². The van der Waals surface area contributed by atoms with E-state index in [1.807, 2.05) is 13.8 Å². The van der Waals surface area contributed by atoms with Crippen LogP contribution in [0.3, 0.4) is 0 Å². The van der Waals surface area contributed by atoms with Crippen molar-refractivity contribution in [2.45, 2.75) is 26.2 Å². The molecule has 0 saturated carbocycles. The van der Waals surface area contributed by atoms with Crippen LogP contribution in [-0.4, -0.2) is 10.2 Å². The second-order valence-electron chi connectivity index (χ2n) is 4.16. The molecule has 1 aromatic heterocycles.